The van der Waals surface area contributed by atoms with Crippen LogP contribution in [-0.2, 0) is 6.61 Å². The van der Waals surface area contributed by atoms with Crippen LogP contribution in [0.2, 0.25) is 5.02 Å². The summed E-state index contributed by atoms with van der Waals surface area (Å²) < 4.78 is 19.3. The Bertz CT molecular complexity index is 661. The number of carboxylic acids is 1. The lowest BCUT2D eigenvalue weighted by molar-refractivity contribution is 0.0694. The van der Waals surface area contributed by atoms with Gasteiger partial charge in [-0.1, -0.05) is 11.6 Å². The summed E-state index contributed by atoms with van der Waals surface area (Å²) in [7, 11) is 0. The predicted molar refractivity (Wildman–Crippen MR) is 76.8 cm³/mol. The fourth-order valence-corrected chi connectivity index (χ4v) is 2.44. The summed E-state index contributed by atoms with van der Waals surface area (Å²) in [6.07, 6.45) is 0. The van der Waals surface area contributed by atoms with E-state index in [9.17, 15) is 9.18 Å². The molecule has 6 heteroatoms. The molecule has 104 valence electrons. The molecule has 2 aromatic rings. The lowest BCUT2D eigenvalue weighted by Crippen LogP contribution is -2.06. The van der Waals surface area contributed by atoms with Crippen molar-refractivity contribution >= 4 is 33.5 Å². The van der Waals surface area contributed by atoms with Crippen molar-refractivity contribution in [2.45, 2.75) is 6.61 Å². The Morgan fingerprint density at radius 3 is 2.70 bits per heavy atom. The Kier molecular flexibility index (Phi) is 4.62. The maximum absolute atomic E-state index is 13.2. The van der Waals surface area contributed by atoms with E-state index in [1.807, 2.05) is 0 Å². The van der Waals surface area contributed by atoms with E-state index in [4.69, 9.17) is 21.4 Å². The van der Waals surface area contributed by atoms with Crippen molar-refractivity contribution in [2.24, 2.45) is 0 Å². The van der Waals surface area contributed by atoms with Crippen molar-refractivity contribution in [2.75, 3.05) is 0 Å². The van der Waals surface area contributed by atoms with Gasteiger partial charge in [0, 0.05) is 10.6 Å². The third-order valence-electron chi connectivity index (χ3n) is 2.57. The largest absolute Gasteiger partial charge is 0.488 e. The molecule has 0 fully saturated rings. The van der Waals surface area contributed by atoms with E-state index in [1.165, 1.54) is 6.07 Å². The zero-order valence-electron chi connectivity index (χ0n) is 10.1. The normalized spacial score (nSPS) is 10.3. The standard InChI is InChI=1S/C14H9BrClFO3/c15-12-6-9(16)1-4-13(12)20-7-8-5-10(17)2-3-11(8)14(18)19/h1-6H,7H2,(H,18,19). The van der Waals surface area contributed by atoms with E-state index in [0.29, 0.717) is 15.2 Å². The molecule has 3 nitrogen and oxygen atoms in total. The number of carboxylic acid groups (broad SMARTS) is 1. The molecule has 0 radical (unpaired) electrons. The summed E-state index contributed by atoms with van der Waals surface area (Å²) in [6.45, 7) is -0.0559. The van der Waals surface area contributed by atoms with Gasteiger partial charge in [-0.3, -0.25) is 0 Å². The Balaban J connectivity index is 2.22. The Hall–Kier alpha value is -1.59. The van der Waals surface area contributed by atoms with E-state index in [2.05, 4.69) is 15.9 Å². The van der Waals surface area contributed by atoms with Crippen molar-refractivity contribution in [1.82, 2.24) is 0 Å². The first-order valence-electron chi connectivity index (χ1n) is 5.57. The summed E-state index contributed by atoms with van der Waals surface area (Å²) in [5.74, 6) is -1.14. The van der Waals surface area contributed by atoms with Crippen LogP contribution in [0.5, 0.6) is 5.75 Å². The van der Waals surface area contributed by atoms with Crippen LogP contribution in [0.1, 0.15) is 15.9 Å². The number of rotatable bonds is 4. The minimum atomic E-state index is -1.13. The van der Waals surface area contributed by atoms with Crippen molar-refractivity contribution in [3.63, 3.8) is 0 Å². The summed E-state index contributed by atoms with van der Waals surface area (Å²) in [4.78, 5) is 11.1. The quantitative estimate of drug-likeness (QED) is 0.873. The van der Waals surface area contributed by atoms with E-state index in [0.717, 1.165) is 12.1 Å². The first-order valence-corrected chi connectivity index (χ1v) is 6.74. The molecule has 0 saturated heterocycles. The second-order valence-electron chi connectivity index (χ2n) is 3.97. The highest BCUT2D eigenvalue weighted by atomic mass is 79.9. The Labute approximate surface area is 128 Å². The molecular formula is C14H9BrClFO3. The first kappa shape index (κ1) is 14.8. The van der Waals surface area contributed by atoms with Gasteiger partial charge in [-0.05, 0) is 52.3 Å². The van der Waals surface area contributed by atoms with E-state index < -0.39 is 11.8 Å². The maximum atomic E-state index is 13.2. The van der Waals surface area contributed by atoms with Crippen LogP contribution >= 0.6 is 27.5 Å². The monoisotopic (exact) mass is 358 g/mol. The number of aromatic carboxylic acids is 1. The van der Waals surface area contributed by atoms with Crippen LogP contribution in [0.3, 0.4) is 0 Å². The van der Waals surface area contributed by atoms with Crippen molar-refractivity contribution < 1.29 is 19.0 Å². The summed E-state index contributed by atoms with van der Waals surface area (Å²) >= 11 is 9.09. The summed E-state index contributed by atoms with van der Waals surface area (Å²) in [6, 6.07) is 8.41. The van der Waals surface area contributed by atoms with Gasteiger partial charge >= 0.3 is 5.97 Å². The average Bonchev–Trinajstić information content (AvgIpc) is 2.37. The molecule has 0 saturated carbocycles. The van der Waals surface area contributed by atoms with E-state index >= 15 is 0 Å². The first-order chi connectivity index (χ1) is 9.47. The highest BCUT2D eigenvalue weighted by Crippen LogP contribution is 2.29. The van der Waals surface area contributed by atoms with Crippen LogP contribution < -0.4 is 4.74 Å². The molecule has 2 aromatic carbocycles. The molecule has 0 spiro atoms. The maximum Gasteiger partial charge on any atom is 0.336 e. The van der Waals surface area contributed by atoms with Gasteiger partial charge in [0.2, 0.25) is 0 Å². The van der Waals surface area contributed by atoms with Crippen LogP contribution in [0.15, 0.2) is 40.9 Å². The molecule has 0 atom stereocenters. The number of ether oxygens (including phenoxy) is 1. The zero-order chi connectivity index (χ0) is 14.7. The molecule has 0 aliphatic rings. The molecule has 1 N–H and O–H groups in total. The van der Waals surface area contributed by atoms with Crippen molar-refractivity contribution in [3.8, 4) is 5.75 Å². The lowest BCUT2D eigenvalue weighted by Gasteiger charge is -2.10. The topological polar surface area (TPSA) is 46.5 Å². The third kappa shape index (κ3) is 3.49. The van der Waals surface area contributed by atoms with Gasteiger partial charge in [-0.15, -0.1) is 0 Å². The minimum Gasteiger partial charge on any atom is -0.488 e. The predicted octanol–water partition coefficient (Wildman–Crippen LogP) is 4.52. The van der Waals surface area contributed by atoms with E-state index in [1.54, 1.807) is 18.2 Å². The molecule has 0 amide bonds. The van der Waals surface area contributed by atoms with Crippen molar-refractivity contribution in [3.05, 3.63) is 62.8 Å². The molecule has 0 bridgehead atoms. The fraction of sp³-hybridized carbons (Fsp3) is 0.0714. The molecule has 0 heterocycles. The second-order valence-corrected chi connectivity index (χ2v) is 5.26. The van der Waals surface area contributed by atoms with E-state index in [-0.39, 0.29) is 17.7 Å². The van der Waals surface area contributed by atoms with Gasteiger partial charge in [0.05, 0.1) is 10.0 Å². The minimum absolute atomic E-state index is 0.0106. The highest BCUT2D eigenvalue weighted by molar-refractivity contribution is 9.10. The number of hydrogen-bond acceptors (Lipinski definition) is 2. The Morgan fingerprint density at radius 1 is 1.30 bits per heavy atom. The molecule has 0 unspecified atom stereocenters. The third-order valence-corrected chi connectivity index (χ3v) is 3.43. The molecule has 0 aliphatic carbocycles. The van der Waals surface area contributed by atoms with Gasteiger partial charge in [-0.2, -0.15) is 0 Å². The molecule has 0 aliphatic heterocycles. The fourth-order valence-electron chi connectivity index (χ4n) is 1.64. The number of carbonyl (C=O) groups is 1. The number of halogens is 3. The van der Waals surface area contributed by atoms with Crippen molar-refractivity contribution in [1.29, 1.82) is 0 Å². The van der Waals surface area contributed by atoms with Crippen LogP contribution in [0.4, 0.5) is 4.39 Å². The lowest BCUT2D eigenvalue weighted by atomic mass is 10.1. The van der Waals surface area contributed by atoms with Gasteiger partial charge in [0.15, 0.2) is 0 Å². The smallest absolute Gasteiger partial charge is 0.336 e. The number of benzene rings is 2. The van der Waals surface area contributed by atoms with Crippen LogP contribution in [0, 0.1) is 5.82 Å². The van der Waals surface area contributed by atoms with Gasteiger partial charge in [0.1, 0.15) is 18.2 Å². The SMILES string of the molecule is O=C(O)c1ccc(F)cc1COc1ccc(Cl)cc1Br. The molecule has 0 aromatic heterocycles. The molecule has 2 rings (SSSR count). The number of hydrogen-bond donors (Lipinski definition) is 1. The highest BCUT2D eigenvalue weighted by Gasteiger charge is 2.12. The average molecular weight is 360 g/mol. The molecule has 20 heavy (non-hydrogen) atoms. The molecular weight excluding hydrogens is 351 g/mol. The second kappa shape index (κ2) is 6.24. The zero-order valence-corrected chi connectivity index (χ0v) is 12.4. The van der Waals surface area contributed by atoms with Gasteiger partial charge < -0.3 is 9.84 Å². The van der Waals surface area contributed by atoms with Gasteiger partial charge in [-0.25, -0.2) is 9.18 Å². The van der Waals surface area contributed by atoms with Gasteiger partial charge in [0.25, 0.3) is 0 Å². The van der Waals surface area contributed by atoms with Crippen LogP contribution in [-0.4, -0.2) is 11.1 Å². The van der Waals surface area contributed by atoms with Crippen LogP contribution in [0.25, 0.3) is 0 Å². The summed E-state index contributed by atoms with van der Waals surface area (Å²) in [5, 5.41) is 9.58. The summed E-state index contributed by atoms with van der Waals surface area (Å²) in [5.41, 5.74) is 0.274. The Morgan fingerprint density at radius 2 is 2.05 bits per heavy atom.